The molecule has 110 valence electrons. The van der Waals surface area contributed by atoms with Crippen LogP contribution in [0.15, 0.2) is 18.2 Å². The van der Waals surface area contributed by atoms with E-state index >= 15 is 0 Å². The lowest BCUT2D eigenvalue weighted by molar-refractivity contribution is -0.136. The number of halogens is 2. The Morgan fingerprint density at radius 2 is 2.25 bits per heavy atom. The Morgan fingerprint density at radius 3 is 2.95 bits per heavy atom. The minimum atomic E-state index is -0.0551. The largest absolute Gasteiger partial charge is 0.482 e. The van der Waals surface area contributed by atoms with Crippen LogP contribution in [0.2, 0.25) is 10.0 Å². The van der Waals surface area contributed by atoms with E-state index in [9.17, 15) is 4.79 Å². The van der Waals surface area contributed by atoms with Gasteiger partial charge in [-0.25, -0.2) is 0 Å². The van der Waals surface area contributed by atoms with Crippen molar-refractivity contribution >= 4 is 29.1 Å². The molecular weight excluding hydrogens is 299 g/mol. The van der Waals surface area contributed by atoms with E-state index in [0.717, 1.165) is 12.8 Å². The summed E-state index contributed by atoms with van der Waals surface area (Å²) in [7, 11) is 0. The molecule has 0 aliphatic carbocycles. The molecule has 1 aliphatic rings. The van der Waals surface area contributed by atoms with Gasteiger partial charge in [0.25, 0.3) is 5.91 Å². The first-order chi connectivity index (χ1) is 9.47. The maximum absolute atomic E-state index is 12.2. The first-order valence-corrected chi connectivity index (χ1v) is 7.36. The molecule has 4 nitrogen and oxygen atoms in total. The van der Waals surface area contributed by atoms with Crippen LogP contribution in [-0.4, -0.2) is 36.0 Å². The number of benzene rings is 1. The van der Waals surface area contributed by atoms with Crippen molar-refractivity contribution in [1.29, 1.82) is 0 Å². The maximum atomic E-state index is 12.2. The van der Waals surface area contributed by atoms with E-state index in [2.05, 4.69) is 0 Å². The average Bonchev–Trinajstić information content (AvgIpc) is 2.39. The molecule has 1 aromatic carbocycles. The fraction of sp³-hybridized carbons (Fsp3) is 0.500. The van der Waals surface area contributed by atoms with Gasteiger partial charge in [0.1, 0.15) is 5.75 Å². The Kier molecular flexibility index (Phi) is 5.13. The molecule has 0 spiro atoms. The highest BCUT2D eigenvalue weighted by Gasteiger charge is 2.27. The number of amides is 1. The molecule has 1 saturated heterocycles. The van der Waals surface area contributed by atoms with Crippen molar-refractivity contribution < 1.29 is 9.53 Å². The number of rotatable bonds is 3. The Balaban J connectivity index is 1.93. The number of ether oxygens (including phenoxy) is 1. The summed E-state index contributed by atoms with van der Waals surface area (Å²) in [5.74, 6) is 0.370. The highest BCUT2D eigenvalue weighted by atomic mass is 35.5. The molecule has 1 aliphatic heterocycles. The lowest BCUT2D eigenvalue weighted by Gasteiger charge is -2.36. The van der Waals surface area contributed by atoms with Crippen LogP contribution in [-0.2, 0) is 4.79 Å². The van der Waals surface area contributed by atoms with Crippen LogP contribution in [0.3, 0.4) is 0 Å². The van der Waals surface area contributed by atoms with Gasteiger partial charge in [-0.05, 0) is 31.9 Å². The summed E-state index contributed by atoms with van der Waals surface area (Å²) in [5, 5.41) is 0.963. The van der Waals surface area contributed by atoms with Crippen LogP contribution in [0.5, 0.6) is 5.75 Å². The average molecular weight is 317 g/mol. The van der Waals surface area contributed by atoms with Gasteiger partial charge in [-0.3, -0.25) is 4.79 Å². The number of nitrogens with zero attached hydrogens (tertiary/aromatic N) is 1. The SMILES string of the molecule is C[C@@H]1C[C@H](N)CCN1C(=O)COc1cc(Cl)ccc1Cl. The van der Waals surface area contributed by atoms with Crippen LogP contribution >= 0.6 is 23.2 Å². The van der Waals surface area contributed by atoms with E-state index < -0.39 is 0 Å². The van der Waals surface area contributed by atoms with Crippen molar-refractivity contribution in [3.8, 4) is 5.75 Å². The molecule has 0 unspecified atom stereocenters. The molecule has 2 rings (SSSR count). The molecule has 0 saturated carbocycles. The summed E-state index contributed by atoms with van der Waals surface area (Å²) in [6.45, 7) is 2.64. The number of hydrogen-bond acceptors (Lipinski definition) is 3. The van der Waals surface area contributed by atoms with E-state index in [1.807, 2.05) is 11.8 Å². The van der Waals surface area contributed by atoms with E-state index in [-0.39, 0.29) is 24.6 Å². The van der Waals surface area contributed by atoms with Gasteiger partial charge in [-0.2, -0.15) is 0 Å². The van der Waals surface area contributed by atoms with Crippen molar-refractivity contribution in [3.05, 3.63) is 28.2 Å². The Morgan fingerprint density at radius 1 is 1.50 bits per heavy atom. The molecule has 1 heterocycles. The maximum Gasteiger partial charge on any atom is 0.260 e. The first kappa shape index (κ1) is 15.4. The Hall–Kier alpha value is -0.970. The molecule has 0 bridgehead atoms. The van der Waals surface area contributed by atoms with E-state index in [1.54, 1.807) is 18.2 Å². The fourth-order valence-corrected chi connectivity index (χ4v) is 2.72. The van der Waals surface area contributed by atoms with Crippen LogP contribution in [0.25, 0.3) is 0 Å². The lowest BCUT2D eigenvalue weighted by atomic mass is 9.99. The lowest BCUT2D eigenvalue weighted by Crippen LogP contribution is -2.49. The number of carbonyl (C=O) groups is 1. The molecular formula is C14H18Cl2N2O2. The molecule has 1 aromatic rings. The summed E-state index contributed by atoms with van der Waals surface area (Å²) in [6, 6.07) is 5.24. The quantitative estimate of drug-likeness (QED) is 0.932. The number of carbonyl (C=O) groups excluding carboxylic acids is 1. The van der Waals surface area contributed by atoms with Crippen LogP contribution in [0.1, 0.15) is 19.8 Å². The van der Waals surface area contributed by atoms with Crippen molar-refractivity contribution in [2.45, 2.75) is 31.8 Å². The normalized spacial score (nSPS) is 22.7. The number of hydrogen-bond donors (Lipinski definition) is 1. The monoisotopic (exact) mass is 316 g/mol. The standard InChI is InChI=1S/C14H18Cl2N2O2/c1-9-6-11(17)4-5-18(9)14(19)8-20-13-7-10(15)2-3-12(13)16/h2-3,7,9,11H,4-6,8,17H2,1H3/t9-,11-/m1/s1. The van der Waals surface area contributed by atoms with Crippen LogP contribution in [0.4, 0.5) is 0 Å². The third-order valence-corrected chi connectivity index (χ3v) is 4.03. The first-order valence-electron chi connectivity index (χ1n) is 6.60. The van der Waals surface area contributed by atoms with E-state index in [1.165, 1.54) is 0 Å². The zero-order chi connectivity index (χ0) is 14.7. The second kappa shape index (κ2) is 6.66. The molecule has 1 fully saturated rings. The molecule has 2 N–H and O–H groups in total. The molecule has 0 radical (unpaired) electrons. The number of nitrogens with two attached hydrogens (primary N) is 1. The summed E-state index contributed by atoms with van der Waals surface area (Å²) in [5.41, 5.74) is 5.89. The van der Waals surface area contributed by atoms with Crippen LogP contribution < -0.4 is 10.5 Å². The van der Waals surface area contributed by atoms with Gasteiger partial charge in [0, 0.05) is 29.7 Å². The fourth-order valence-electron chi connectivity index (χ4n) is 2.39. The molecule has 6 heteroatoms. The van der Waals surface area contributed by atoms with Gasteiger partial charge in [0.2, 0.25) is 0 Å². The van der Waals surface area contributed by atoms with E-state index in [0.29, 0.717) is 22.3 Å². The predicted molar refractivity (Wildman–Crippen MR) is 80.3 cm³/mol. The zero-order valence-corrected chi connectivity index (χ0v) is 12.8. The molecule has 20 heavy (non-hydrogen) atoms. The molecule has 0 aromatic heterocycles. The number of likely N-dealkylation sites (tertiary alicyclic amines) is 1. The predicted octanol–water partition coefficient (Wildman–Crippen LogP) is 2.71. The second-order valence-corrected chi connectivity index (χ2v) is 5.93. The van der Waals surface area contributed by atoms with Gasteiger partial charge in [-0.15, -0.1) is 0 Å². The summed E-state index contributed by atoms with van der Waals surface area (Å²) >= 11 is 11.9. The van der Waals surface area contributed by atoms with Crippen molar-refractivity contribution in [3.63, 3.8) is 0 Å². The highest BCUT2D eigenvalue weighted by molar-refractivity contribution is 6.34. The van der Waals surface area contributed by atoms with Crippen LogP contribution in [0, 0.1) is 0 Å². The van der Waals surface area contributed by atoms with Gasteiger partial charge in [-0.1, -0.05) is 23.2 Å². The summed E-state index contributed by atoms with van der Waals surface area (Å²) < 4.78 is 5.47. The zero-order valence-electron chi connectivity index (χ0n) is 11.3. The minimum Gasteiger partial charge on any atom is -0.482 e. The van der Waals surface area contributed by atoms with Gasteiger partial charge >= 0.3 is 0 Å². The van der Waals surface area contributed by atoms with Gasteiger partial charge < -0.3 is 15.4 Å². The van der Waals surface area contributed by atoms with E-state index in [4.69, 9.17) is 33.7 Å². The minimum absolute atomic E-state index is 0.0420. The second-order valence-electron chi connectivity index (χ2n) is 5.08. The topological polar surface area (TPSA) is 55.6 Å². The highest BCUT2D eigenvalue weighted by Crippen LogP contribution is 2.27. The Bertz CT molecular complexity index is 496. The molecule has 2 atom stereocenters. The summed E-state index contributed by atoms with van der Waals surface area (Å²) in [4.78, 5) is 14.0. The Labute approximate surface area is 128 Å². The van der Waals surface area contributed by atoms with Gasteiger partial charge in [0.15, 0.2) is 6.61 Å². The van der Waals surface area contributed by atoms with Crippen molar-refractivity contribution in [2.75, 3.05) is 13.2 Å². The van der Waals surface area contributed by atoms with Crippen molar-refractivity contribution in [1.82, 2.24) is 4.90 Å². The number of piperidine rings is 1. The van der Waals surface area contributed by atoms with Gasteiger partial charge in [0.05, 0.1) is 5.02 Å². The smallest absolute Gasteiger partial charge is 0.260 e. The summed E-state index contributed by atoms with van der Waals surface area (Å²) in [6.07, 6.45) is 1.65. The third kappa shape index (κ3) is 3.78. The molecule has 1 amide bonds. The third-order valence-electron chi connectivity index (χ3n) is 3.48. The van der Waals surface area contributed by atoms with Crippen molar-refractivity contribution in [2.24, 2.45) is 5.73 Å².